The number of nitro benzene ring substituents is 1. The molecule has 0 saturated heterocycles. The van der Waals surface area contributed by atoms with Crippen LogP contribution in [0.4, 0.5) is 11.4 Å². The average molecular weight is 365 g/mol. The molecule has 0 saturated carbocycles. The van der Waals surface area contributed by atoms with Crippen LogP contribution in [-0.2, 0) is 4.79 Å². The van der Waals surface area contributed by atoms with Gasteiger partial charge in [-0.05, 0) is 41.1 Å². The fourth-order valence-electron chi connectivity index (χ4n) is 1.71. The lowest BCUT2D eigenvalue weighted by molar-refractivity contribution is -0.384. The number of nitro groups is 1. The monoisotopic (exact) mass is 364 g/mol. The van der Waals surface area contributed by atoms with Gasteiger partial charge in [-0.25, -0.2) is 0 Å². The summed E-state index contributed by atoms with van der Waals surface area (Å²) in [6.07, 6.45) is -0.704. The molecule has 1 N–H and O–H groups in total. The van der Waals surface area contributed by atoms with E-state index in [1.54, 1.807) is 19.1 Å². The van der Waals surface area contributed by atoms with E-state index in [0.29, 0.717) is 15.9 Å². The van der Waals surface area contributed by atoms with Crippen LogP contribution in [0.5, 0.6) is 5.75 Å². The summed E-state index contributed by atoms with van der Waals surface area (Å²) in [7, 11) is 0. The molecule has 0 fully saturated rings. The number of anilines is 1. The normalized spacial score (nSPS) is 11.5. The number of ether oxygens (including phenoxy) is 1. The van der Waals surface area contributed by atoms with Crippen LogP contribution in [0.2, 0.25) is 0 Å². The van der Waals surface area contributed by atoms with Crippen molar-refractivity contribution in [2.24, 2.45) is 0 Å². The number of nitrogens with zero attached hydrogens (tertiary/aromatic N) is 1. The number of hydrogen-bond donors (Lipinski definition) is 1. The molecule has 0 unspecified atom stereocenters. The summed E-state index contributed by atoms with van der Waals surface area (Å²) >= 11 is 3.20. The lowest BCUT2D eigenvalue weighted by Gasteiger charge is -2.15. The zero-order valence-corrected chi connectivity index (χ0v) is 13.2. The van der Waals surface area contributed by atoms with Crippen LogP contribution in [0.15, 0.2) is 53.0 Å². The number of nitrogens with one attached hydrogen (secondary N) is 1. The van der Waals surface area contributed by atoms with Crippen molar-refractivity contribution in [3.05, 3.63) is 63.1 Å². The molecule has 0 aliphatic rings. The van der Waals surface area contributed by atoms with Crippen LogP contribution in [0.25, 0.3) is 0 Å². The summed E-state index contributed by atoms with van der Waals surface area (Å²) < 4.78 is 5.95. The molecule has 22 heavy (non-hydrogen) atoms. The third-order valence-corrected chi connectivity index (χ3v) is 3.50. The highest BCUT2D eigenvalue weighted by Gasteiger charge is 2.17. The number of non-ortho nitro benzene ring substituents is 1. The van der Waals surface area contributed by atoms with E-state index < -0.39 is 11.0 Å². The van der Waals surface area contributed by atoms with Crippen molar-refractivity contribution in [3.63, 3.8) is 0 Å². The smallest absolute Gasteiger partial charge is 0.270 e. The van der Waals surface area contributed by atoms with Gasteiger partial charge < -0.3 is 10.1 Å². The zero-order valence-electron chi connectivity index (χ0n) is 11.7. The second-order valence-corrected chi connectivity index (χ2v) is 5.34. The Morgan fingerprint density at radius 1 is 1.27 bits per heavy atom. The summed E-state index contributed by atoms with van der Waals surface area (Å²) in [6.45, 7) is 1.63. The molecule has 1 atom stereocenters. The number of carbonyl (C=O) groups is 1. The molecule has 2 aromatic rings. The fourth-order valence-corrected chi connectivity index (χ4v) is 2.18. The lowest BCUT2D eigenvalue weighted by atomic mass is 10.2. The predicted octanol–water partition coefficient (Wildman–Crippen LogP) is 3.76. The van der Waals surface area contributed by atoms with Crippen LogP contribution >= 0.6 is 15.9 Å². The number of benzene rings is 2. The zero-order chi connectivity index (χ0) is 16.1. The van der Waals surface area contributed by atoms with E-state index in [0.717, 1.165) is 0 Å². The largest absolute Gasteiger partial charge is 0.481 e. The van der Waals surface area contributed by atoms with Crippen molar-refractivity contribution in [3.8, 4) is 5.75 Å². The highest BCUT2D eigenvalue weighted by molar-refractivity contribution is 9.10. The summed E-state index contributed by atoms with van der Waals surface area (Å²) in [6, 6.07) is 13.1. The molecule has 0 aliphatic carbocycles. The van der Waals surface area contributed by atoms with Gasteiger partial charge in [-0.1, -0.05) is 18.2 Å². The van der Waals surface area contributed by atoms with Gasteiger partial charge in [-0.3, -0.25) is 14.9 Å². The Bertz CT molecular complexity index is 691. The van der Waals surface area contributed by atoms with Crippen molar-refractivity contribution in [2.45, 2.75) is 13.0 Å². The van der Waals surface area contributed by atoms with Gasteiger partial charge >= 0.3 is 0 Å². The summed E-state index contributed by atoms with van der Waals surface area (Å²) in [5.41, 5.74) is 0.387. The Morgan fingerprint density at radius 2 is 1.95 bits per heavy atom. The second-order valence-electron chi connectivity index (χ2n) is 4.48. The number of amides is 1. The van der Waals surface area contributed by atoms with E-state index in [4.69, 9.17) is 4.74 Å². The van der Waals surface area contributed by atoms with Crippen molar-refractivity contribution in [1.82, 2.24) is 0 Å². The SMILES string of the molecule is C[C@@H](Oc1ccccc1)C(=O)Nc1ccc([N+](=O)[O-])cc1Br. The fraction of sp³-hybridized carbons (Fsp3) is 0.133. The molecular formula is C15H13BrN2O4. The molecule has 0 aliphatic heterocycles. The molecule has 2 rings (SSSR count). The van der Waals surface area contributed by atoms with Crippen molar-refractivity contribution >= 4 is 33.2 Å². The van der Waals surface area contributed by atoms with Gasteiger partial charge in [-0.15, -0.1) is 0 Å². The van der Waals surface area contributed by atoms with Crippen LogP contribution in [0.3, 0.4) is 0 Å². The molecule has 0 bridgehead atoms. The van der Waals surface area contributed by atoms with Gasteiger partial charge in [0.25, 0.3) is 11.6 Å². The van der Waals surface area contributed by atoms with E-state index in [1.165, 1.54) is 18.2 Å². The summed E-state index contributed by atoms with van der Waals surface area (Å²) in [4.78, 5) is 22.3. The first-order valence-corrected chi connectivity index (χ1v) is 7.23. The van der Waals surface area contributed by atoms with E-state index in [1.807, 2.05) is 18.2 Å². The summed E-state index contributed by atoms with van der Waals surface area (Å²) in [5.74, 6) is 0.242. The minimum atomic E-state index is -0.704. The van der Waals surface area contributed by atoms with Gasteiger partial charge in [0.05, 0.1) is 10.6 Å². The van der Waals surface area contributed by atoms with Gasteiger partial charge in [0, 0.05) is 16.6 Å². The molecule has 0 radical (unpaired) electrons. The van der Waals surface area contributed by atoms with Gasteiger partial charge in [-0.2, -0.15) is 0 Å². The quantitative estimate of drug-likeness (QED) is 0.646. The van der Waals surface area contributed by atoms with Crippen LogP contribution in [0, 0.1) is 10.1 Å². The maximum atomic E-state index is 12.1. The number of para-hydroxylation sites is 1. The molecule has 0 heterocycles. The Labute approximate surface area is 135 Å². The summed E-state index contributed by atoms with van der Waals surface area (Å²) in [5, 5.41) is 13.3. The molecule has 0 aromatic heterocycles. The van der Waals surface area contributed by atoms with Crippen LogP contribution < -0.4 is 10.1 Å². The van der Waals surface area contributed by atoms with Crippen LogP contribution in [0.1, 0.15) is 6.92 Å². The Kier molecular flexibility index (Phi) is 5.11. The Balaban J connectivity index is 2.04. The third-order valence-electron chi connectivity index (χ3n) is 2.85. The Hall–Kier alpha value is -2.41. The highest BCUT2D eigenvalue weighted by Crippen LogP contribution is 2.27. The van der Waals surface area contributed by atoms with E-state index in [2.05, 4.69) is 21.2 Å². The maximum absolute atomic E-state index is 12.1. The first-order valence-electron chi connectivity index (χ1n) is 6.44. The molecular weight excluding hydrogens is 352 g/mol. The highest BCUT2D eigenvalue weighted by atomic mass is 79.9. The number of rotatable bonds is 5. The number of halogens is 1. The van der Waals surface area contributed by atoms with E-state index >= 15 is 0 Å². The molecule has 2 aromatic carbocycles. The lowest BCUT2D eigenvalue weighted by Crippen LogP contribution is -2.30. The van der Waals surface area contributed by atoms with Crippen molar-refractivity contribution in [1.29, 1.82) is 0 Å². The molecule has 114 valence electrons. The van der Waals surface area contributed by atoms with Crippen molar-refractivity contribution in [2.75, 3.05) is 5.32 Å². The van der Waals surface area contributed by atoms with Crippen molar-refractivity contribution < 1.29 is 14.5 Å². The van der Waals surface area contributed by atoms with Gasteiger partial charge in [0.15, 0.2) is 6.10 Å². The van der Waals surface area contributed by atoms with E-state index in [9.17, 15) is 14.9 Å². The van der Waals surface area contributed by atoms with Crippen LogP contribution in [-0.4, -0.2) is 16.9 Å². The molecule has 6 nitrogen and oxygen atoms in total. The standard InChI is InChI=1S/C15H13BrN2O4/c1-10(22-12-5-3-2-4-6-12)15(19)17-14-8-7-11(18(20)21)9-13(14)16/h2-10H,1H3,(H,17,19)/t10-/m1/s1. The minimum absolute atomic E-state index is 0.0570. The Morgan fingerprint density at radius 3 is 2.55 bits per heavy atom. The topological polar surface area (TPSA) is 81.5 Å². The minimum Gasteiger partial charge on any atom is -0.481 e. The molecule has 0 spiro atoms. The van der Waals surface area contributed by atoms with Gasteiger partial charge in [0.2, 0.25) is 0 Å². The molecule has 1 amide bonds. The van der Waals surface area contributed by atoms with E-state index in [-0.39, 0.29) is 11.6 Å². The second kappa shape index (κ2) is 7.04. The maximum Gasteiger partial charge on any atom is 0.270 e. The first kappa shape index (κ1) is 16.0. The predicted molar refractivity (Wildman–Crippen MR) is 86.0 cm³/mol. The van der Waals surface area contributed by atoms with Gasteiger partial charge in [0.1, 0.15) is 5.75 Å². The average Bonchev–Trinajstić information content (AvgIpc) is 2.50. The number of carbonyl (C=O) groups excluding carboxylic acids is 1. The number of hydrogen-bond acceptors (Lipinski definition) is 4. The first-order chi connectivity index (χ1) is 10.5. The molecule has 7 heteroatoms. The third kappa shape index (κ3) is 4.05.